The van der Waals surface area contributed by atoms with Crippen LogP contribution in [0.25, 0.3) is 5.69 Å². The molecule has 0 amide bonds. The summed E-state index contributed by atoms with van der Waals surface area (Å²) >= 11 is 12.3. The minimum absolute atomic E-state index is 0.0535. The van der Waals surface area contributed by atoms with Gasteiger partial charge in [0, 0.05) is 5.02 Å². The summed E-state index contributed by atoms with van der Waals surface area (Å²) in [6, 6.07) is 3.42. The Morgan fingerprint density at radius 1 is 1.30 bits per heavy atom. The zero-order chi connectivity index (χ0) is 15.0. The van der Waals surface area contributed by atoms with Gasteiger partial charge in [-0.2, -0.15) is 0 Å². The summed E-state index contributed by atoms with van der Waals surface area (Å²) in [5, 5.41) is 1.02. The van der Waals surface area contributed by atoms with E-state index in [0.717, 1.165) is 5.56 Å². The predicted octanol–water partition coefficient (Wildman–Crippen LogP) is 3.16. The van der Waals surface area contributed by atoms with Crippen molar-refractivity contribution >= 4 is 35.0 Å². The molecule has 1 aromatic carbocycles. The predicted molar refractivity (Wildman–Crippen MR) is 78.8 cm³/mol. The molecule has 2 rings (SSSR count). The number of halogens is 2. The summed E-state index contributed by atoms with van der Waals surface area (Å²) in [6.07, 6.45) is 0. The Morgan fingerprint density at radius 3 is 2.55 bits per heavy atom. The molecule has 106 valence electrons. The van der Waals surface area contributed by atoms with Crippen LogP contribution in [0.3, 0.4) is 0 Å². The number of hydrogen-bond acceptors (Lipinski definition) is 4. The smallest absolute Gasteiger partial charge is 0.360 e. The highest BCUT2D eigenvalue weighted by Gasteiger charge is 2.21. The molecule has 0 unspecified atom stereocenters. The number of aryl methyl sites for hydroxylation is 2. The number of esters is 1. The minimum Gasteiger partial charge on any atom is -0.464 e. The van der Waals surface area contributed by atoms with Crippen molar-refractivity contribution in [1.82, 2.24) is 9.55 Å². The van der Waals surface area contributed by atoms with Gasteiger partial charge in [0.1, 0.15) is 11.6 Å². The number of nitrogen functional groups attached to an aromatic ring is 1. The lowest BCUT2D eigenvalue weighted by molar-refractivity contribution is 0.0596. The van der Waals surface area contributed by atoms with Gasteiger partial charge in [-0.3, -0.25) is 4.57 Å². The second kappa shape index (κ2) is 5.34. The number of imidazole rings is 1. The fourth-order valence-electron chi connectivity index (χ4n) is 1.91. The van der Waals surface area contributed by atoms with E-state index in [2.05, 4.69) is 9.72 Å². The second-order valence-electron chi connectivity index (χ2n) is 4.27. The van der Waals surface area contributed by atoms with Gasteiger partial charge in [-0.25, -0.2) is 9.78 Å². The van der Waals surface area contributed by atoms with Gasteiger partial charge in [-0.15, -0.1) is 0 Å². The Balaban J connectivity index is 2.68. The minimum atomic E-state index is -0.598. The van der Waals surface area contributed by atoms with Crippen LogP contribution in [0.4, 0.5) is 5.82 Å². The Bertz CT molecular complexity index is 695. The first-order chi connectivity index (χ1) is 9.36. The number of anilines is 1. The largest absolute Gasteiger partial charge is 0.464 e. The summed E-state index contributed by atoms with van der Waals surface area (Å²) in [5.41, 5.74) is 7.44. The van der Waals surface area contributed by atoms with Crippen LogP contribution < -0.4 is 5.73 Å². The zero-order valence-corrected chi connectivity index (χ0v) is 12.7. The van der Waals surface area contributed by atoms with Crippen molar-refractivity contribution in [3.8, 4) is 5.69 Å². The van der Waals surface area contributed by atoms with Gasteiger partial charge in [-0.1, -0.05) is 23.2 Å². The third-order valence-corrected chi connectivity index (χ3v) is 3.64. The number of methoxy groups -OCH3 is 1. The number of carbonyl (C=O) groups excluding carboxylic acids is 1. The highest BCUT2D eigenvalue weighted by atomic mass is 35.5. The number of nitrogens with two attached hydrogens (primary N) is 1. The SMILES string of the molecule is COC(=O)c1nc(C)n(-c2cc(Cl)c(C)cc2Cl)c1N. The number of nitrogens with zero attached hydrogens (tertiary/aromatic N) is 2. The quantitative estimate of drug-likeness (QED) is 0.864. The third-order valence-electron chi connectivity index (χ3n) is 2.93. The molecular formula is C13H13Cl2N3O2. The number of rotatable bonds is 2. The normalized spacial score (nSPS) is 10.7. The second-order valence-corrected chi connectivity index (χ2v) is 5.09. The van der Waals surface area contributed by atoms with Gasteiger partial charge >= 0.3 is 5.97 Å². The molecule has 1 heterocycles. The first kappa shape index (κ1) is 14.7. The topological polar surface area (TPSA) is 70.1 Å². The van der Waals surface area contributed by atoms with Crippen molar-refractivity contribution in [2.24, 2.45) is 0 Å². The lowest BCUT2D eigenvalue weighted by Gasteiger charge is -2.11. The van der Waals surface area contributed by atoms with Crippen LogP contribution in [-0.4, -0.2) is 22.6 Å². The van der Waals surface area contributed by atoms with Gasteiger partial charge in [0.15, 0.2) is 5.69 Å². The fourth-order valence-corrected chi connectivity index (χ4v) is 2.37. The molecule has 7 heteroatoms. The Hall–Kier alpha value is -1.72. The molecule has 0 bridgehead atoms. The summed E-state index contributed by atoms with van der Waals surface area (Å²) in [4.78, 5) is 15.7. The molecule has 0 saturated heterocycles. The molecule has 0 aliphatic carbocycles. The van der Waals surface area contributed by atoms with Crippen molar-refractivity contribution in [2.45, 2.75) is 13.8 Å². The average Bonchev–Trinajstić information content (AvgIpc) is 2.69. The highest BCUT2D eigenvalue weighted by molar-refractivity contribution is 6.35. The molecule has 5 nitrogen and oxygen atoms in total. The summed E-state index contributed by atoms with van der Waals surface area (Å²) in [5.74, 6) is 0.0829. The number of carbonyl (C=O) groups is 1. The van der Waals surface area contributed by atoms with E-state index in [1.54, 1.807) is 23.6 Å². The molecule has 0 saturated carbocycles. The van der Waals surface area contributed by atoms with E-state index in [-0.39, 0.29) is 11.5 Å². The van der Waals surface area contributed by atoms with Gasteiger partial charge in [0.25, 0.3) is 0 Å². The van der Waals surface area contributed by atoms with Crippen LogP contribution in [0.5, 0.6) is 0 Å². The average molecular weight is 314 g/mol. The molecule has 0 aliphatic rings. The van der Waals surface area contributed by atoms with Crippen molar-refractivity contribution in [1.29, 1.82) is 0 Å². The van der Waals surface area contributed by atoms with E-state index < -0.39 is 5.97 Å². The van der Waals surface area contributed by atoms with Crippen molar-refractivity contribution < 1.29 is 9.53 Å². The lowest BCUT2D eigenvalue weighted by atomic mass is 10.2. The van der Waals surface area contributed by atoms with E-state index in [1.165, 1.54) is 7.11 Å². The van der Waals surface area contributed by atoms with E-state index in [0.29, 0.717) is 21.6 Å². The summed E-state index contributed by atoms with van der Waals surface area (Å²) in [6.45, 7) is 3.56. The molecule has 2 N–H and O–H groups in total. The molecule has 20 heavy (non-hydrogen) atoms. The van der Waals surface area contributed by atoms with Gasteiger partial charge in [-0.05, 0) is 31.5 Å². The number of benzene rings is 1. The van der Waals surface area contributed by atoms with E-state index in [1.807, 2.05) is 6.92 Å². The number of hydrogen-bond donors (Lipinski definition) is 1. The molecule has 0 spiro atoms. The maximum Gasteiger partial charge on any atom is 0.360 e. The van der Waals surface area contributed by atoms with E-state index in [9.17, 15) is 4.79 Å². The molecule has 0 atom stereocenters. The first-order valence-electron chi connectivity index (χ1n) is 5.76. The van der Waals surface area contributed by atoms with Crippen LogP contribution in [0.2, 0.25) is 10.0 Å². The van der Waals surface area contributed by atoms with Crippen LogP contribution >= 0.6 is 23.2 Å². The van der Waals surface area contributed by atoms with E-state index >= 15 is 0 Å². The standard InChI is InChI=1S/C13H13Cl2N3O2/c1-6-4-9(15)10(5-8(6)14)18-7(2)17-11(12(18)16)13(19)20-3/h4-5H,16H2,1-3H3. The maximum absolute atomic E-state index is 11.6. The Labute approximate surface area is 126 Å². The third kappa shape index (κ3) is 2.34. The molecule has 0 aliphatic heterocycles. The van der Waals surface area contributed by atoms with Crippen molar-refractivity contribution in [3.05, 3.63) is 39.3 Å². The Kier molecular flexibility index (Phi) is 3.92. The van der Waals surface area contributed by atoms with Gasteiger partial charge in [0.2, 0.25) is 0 Å². The molecule has 0 fully saturated rings. The van der Waals surface area contributed by atoms with Crippen LogP contribution in [0.15, 0.2) is 12.1 Å². The summed E-state index contributed by atoms with van der Waals surface area (Å²) < 4.78 is 6.21. The fraction of sp³-hybridized carbons (Fsp3) is 0.231. The maximum atomic E-state index is 11.6. The number of ether oxygens (including phenoxy) is 1. The zero-order valence-electron chi connectivity index (χ0n) is 11.2. The highest BCUT2D eigenvalue weighted by Crippen LogP contribution is 2.31. The van der Waals surface area contributed by atoms with Gasteiger partial charge < -0.3 is 10.5 Å². The van der Waals surface area contributed by atoms with E-state index in [4.69, 9.17) is 28.9 Å². The molecule has 0 radical (unpaired) electrons. The molecular weight excluding hydrogens is 301 g/mol. The summed E-state index contributed by atoms with van der Waals surface area (Å²) in [7, 11) is 1.27. The molecule has 2 aromatic rings. The molecule has 1 aromatic heterocycles. The number of aromatic nitrogens is 2. The van der Waals surface area contributed by atoms with Crippen LogP contribution in [0.1, 0.15) is 21.9 Å². The van der Waals surface area contributed by atoms with Crippen molar-refractivity contribution in [2.75, 3.05) is 12.8 Å². The van der Waals surface area contributed by atoms with Crippen LogP contribution in [-0.2, 0) is 4.74 Å². The first-order valence-corrected chi connectivity index (χ1v) is 6.51. The monoisotopic (exact) mass is 313 g/mol. The van der Waals surface area contributed by atoms with Crippen molar-refractivity contribution in [3.63, 3.8) is 0 Å². The Morgan fingerprint density at radius 2 is 1.95 bits per heavy atom. The van der Waals surface area contributed by atoms with Gasteiger partial charge in [0.05, 0.1) is 17.8 Å². The lowest BCUT2D eigenvalue weighted by Crippen LogP contribution is -2.08. The van der Waals surface area contributed by atoms with Crippen LogP contribution in [0, 0.1) is 13.8 Å².